The van der Waals surface area contributed by atoms with Crippen LogP contribution in [0.15, 0.2) is 28.8 Å². The van der Waals surface area contributed by atoms with Gasteiger partial charge in [0.1, 0.15) is 5.75 Å². The first-order valence-electron chi connectivity index (χ1n) is 6.82. The monoisotopic (exact) mass is 243 g/mol. The highest BCUT2D eigenvalue weighted by Gasteiger charge is 2.21. The Kier molecular flexibility index (Phi) is 3.85. The van der Waals surface area contributed by atoms with E-state index in [9.17, 15) is 5.11 Å². The van der Waals surface area contributed by atoms with Crippen LogP contribution in [-0.2, 0) is 6.42 Å². The molecule has 1 unspecified atom stereocenters. The molecule has 2 aliphatic rings. The number of hydrogen-bond donors (Lipinski definition) is 1. The van der Waals surface area contributed by atoms with Crippen LogP contribution in [0.2, 0.25) is 0 Å². The van der Waals surface area contributed by atoms with Gasteiger partial charge in [-0.15, -0.1) is 0 Å². The summed E-state index contributed by atoms with van der Waals surface area (Å²) in [5.41, 5.74) is 5.06. The fraction of sp³-hybridized carbons (Fsp3) is 0.438. The quantitative estimate of drug-likeness (QED) is 0.795. The second-order valence-electron chi connectivity index (χ2n) is 4.69. The van der Waals surface area contributed by atoms with E-state index in [1.165, 1.54) is 28.8 Å². The van der Waals surface area contributed by atoms with Crippen molar-refractivity contribution < 1.29 is 5.11 Å². The first-order chi connectivity index (χ1) is 8.72. The lowest BCUT2D eigenvalue weighted by atomic mass is 10.0. The SMILES string of the molecule is CC.CC1CCC(C2=Cc3ccc(O)cc3C2)=N1. The van der Waals surface area contributed by atoms with Crippen molar-refractivity contribution in [2.45, 2.75) is 46.1 Å². The lowest BCUT2D eigenvalue weighted by molar-refractivity contribution is 0.474. The van der Waals surface area contributed by atoms with Crippen molar-refractivity contribution in [3.05, 3.63) is 34.9 Å². The van der Waals surface area contributed by atoms with E-state index in [0.29, 0.717) is 11.8 Å². The van der Waals surface area contributed by atoms with Crippen molar-refractivity contribution in [2.24, 2.45) is 4.99 Å². The minimum absolute atomic E-state index is 0.357. The molecule has 1 aliphatic heterocycles. The van der Waals surface area contributed by atoms with Crippen LogP contribution < -0.4 is 0 Å². The van der Waals surface area contributed by atoms with Crippen molar-refractivity contribution in [2.75, 3.05) is 0 Å². The van der Waals surface area contributed by atoms with Crippen molar-refractivity contribution in [3.8, 4) is 5.75 Å². The fourth-order valence-electron chi connectivity index (χ4n) is 2.50. The molecule has 3 rings (SSSR count). The summed E-state index contributed by atoms with van der Waals surface area (Å²) in [5, 5.41) is 9.44. The number of nitrogens with zero attached hydrogens (tertiary/aromatic N) is 1. The molecule has 0 radical (unpaired) electrons. The normalized spacial score (nSPS) is 20.7. The second kappa shape index (κ2) is 5.38. The van der Waals surface area contributed by atoms with Crippen LogP contribution in [0.5, 0.6) is 5.75 Å². The summed E-state index contributed by atoms with van der Waals surface area (Å²) in [4.78, 5) is 4.66. The highest BCUT2D eigenvalue weighted by Crippen LogP contribution is 2.31. The summed E-state index contributed by atoms with van der Waals surface area (Å²) < 4.78 is 0. The Morgan fingerprint density at radius 1 is 1.28 bits per heavy atom. The van der Waals surface area contributed by atoms with Gasteiger partial charge < -0.3 is 5.11 Å². The molecular formula is C16H21NO. The Hall–Kier alpha value is -1.57. The van der Waals surface area contributed by atoms with Gasteiger partial charge in [-0.2, -0.15) is 0 Å². The molecule has 2 nitrogen and oxygen atoms in total. The van der Waals surface area contributed by atoms with Crippen LogP contribution in [0, 0.1) is 0 Å². The third-order valence-corrected chi connectivity index (χ3v) is 3.38. The van der Waals surface area contributed by atoms with Gasteiger partial charge in [0.2, 0.25) is 0 Å². The summed E-state index contributed by atoms with van der Waals surface area (Å²) in [6.07, 6.45) is 5.42. The van der Waals surface area contributed by atoms with Crippen LogP contribution in [0.25, 0.3) is 6.08 Å². The number of benzene rings is 1. The zero-order valence-electron chi connectivity index (χ0n) is 11.4. The maximum Gasteiger partial charge on any atom is 0.115 e. The topological polar surface area (TPSA) is 32.6 Å². The number of phenols is 1. The Balaban J connectivity index is 0.000000574. The maximum absolute atomic E-state index is 9.44. The van der Waals surface area contributed by atoms with Crippen LogP contribution in [0.4, 0.5) is 0 Å². The summed E-state index contributed by atoms with van der Waals surface area (Å²) in [6, 6.07) is 6.07. The van der Waals surface area contributed by atoms with Gasteiger partial charge in [0, 0.05) is 11.8 Å². The Morgan fingerprint density at radius 2 is 2.06 bits per heavy atom. The van der Waals surface area contributed by atoms with E-state index in [1.54, 1.807) is 6.07 Å². The van der Waals surface area contributed by atoms with Gasteiger partial charge in [0.15, 0.2) is 0 Å². The summed E-state index contributed by atoms with van der Waals surface area (Å²) in [7, 11) is 0. The lowest BCUT2D eigenvalue weighted by Gasteiger charge is -2.01. The highest BCUT2D eigenvalue weighted by atomic mass is 16.3. The molecule has 1 aromatic rings. The van der Waals surface area contributed by atoms with Gasteiger partial charge in [-0.1, -0.05) is 19.9 Å². The van der Waals surface area contributed by atoms with E-state index < -0.39 is 0 Å². The molecule has 0 fully saturated rings. The fourth-order valence-corrected chi connectivity index (χ4v) is 2.50. The number of hydrogen-bond acceptors (Lipinski definition) is 2. The molecule has 1 heterocycles. The third kappa shape index (κ3) is 2.47. The zero-order valence-corrected chi connectivity index (χ0v) is 11.4. The number of phenolic OH excluding ortho intramolecular Hbond substituents is 1. The third-order valence-electron chi connectivity index (χ3n) is 3.38. The molecule has 0 saturated heterocycles. The van der Waals surface area contributed by atoms with E-state index in [4.69, 9.17) is 0 Å². The number of fused-ring (bicyclic) bond motifs is 1. The van der Waals surface area contributed by atoms with Gasteiger partial charge in [0.05, 0.1) is 0 Å². The molecular weight excluding hydrogens is 222 g/mol. The van der Waals surface area contributed by atoms with E-state index in [1.807, 2.05) is 26.0 Å². The zero-order chi connectivity index (χ0) is 13.1. The Morgan fingerprint density at radius 3 is 2.72 bits per heavy atom. The number of rotatable bonds is 1. The van der Waals surface area contributed by atoms with Crippen molar-refractivity contribution in [3.63, 3.8) is 0 Å². The standard InChI is InChI=1S/C14H15NO.C2H6/c1-9-2-5-14(15-9)12-6-10-3-4-13(16)8-11(10)7-12;1-2/h3-4,6,8-9,16H,2,5,7H2,1H3;1-2H3. The number of allylic oxidation sites excluding steroid dienone is 1. The molecule has 2 heteroatoms. The van der Waals surface area contributed by atoms with Crippen LogP contribution in [0.3, 0.4) is 0 Å². The summed E-state index contributed by atoms with van der Waals surface area (Å²) in [5.74, 6) is 0.357. The van der Waals surface area contributed by atoms with E-state index in [0.717, 1.165) is 12.8 Å². The predicted octanol–water partition coefficient (Wildman–Crippen LogP) is 3.98. The van der Waals surface area contributed by atoms with Gasteiger partial charge >= 0.3 is 0 Å². The van der Waals surface area contributed by atoms with Gasteiger partial charge in [-0.25, -0.2) is 0 Å². The molecule has 18 heavy (non-hydrogen) atoms. The molecule has 0 saturated carbocycles. The molecule has 1 N–H and O–H groups in total. The molecule has 1 atom stereocenters. The van der Waals surface area contributed by atoms with E-state index in [-0.39, 0.29) is 0 Å². The van der Waals surface area contributed by atoms with Gasteiger partial charge in [0.25, 0.3) is 0 Å². The first kappa shape index (κ1) is 12.9. The highest BCUT2D eigenvalue weighted by molar-refractivity contribution is 6.06. The molecule has 1 aromatic carbocycles. The van der Waals surface area contributed by atoms with Crippen LogP contribution in [-0.4, -0.2) is 16.9 Å². The molecule has 1 aliphatic carbocycles. The van der Waals surface area contributed by atoms with Crippen LogP contribution in [0.1, 0.15) is 44.7 Å². The molecule has 0 spiro atoms. The van der Waals surface area contributed by atoms with Crippen molar-refractivity contribution in [1.82, 2.24) is 0 Å². The molecule has 0 amide bonds. The van der Waals surface area contributed by atoms with Crippen molar-refractivity contribution in [1.29, 1.82) is 0 Å². The molecule has 0 aromatic heterocycles. The largest absolute Gasteiger partial charge is 0.508 e. The van der Waals surface area contributed by atoms with E-state index in [2.05, 4.69) is 18.0 Å². The molecule has 0 bridgehead atoms. The maximum atomic E-state index is 9.44. The minimum atomic E-state index is 0.357. The van der Waals surface area contributed by atoms with E-state index >= 15 is 0 Å². The number of aromatic hydroxyl groups is 1. The lowest BCUT2D eigenvalue weighted by Crippen LogP contribution is -1.98. The Bertz CT molecular complexity index is 500. The predicted molar refractivity (Wildman–Crippen MR) is 77.3 cm³/mol. The van der Waals surface area contributed by atoms with Crippen molar-refractivity contribution >= 4 is 11.8 Å². The number of aliphatic imine (C=N–C) groups is 1. The first-order valence-corrected chi connectivity index (χ1v) is 6.82. The minimum Gasteiger partial charge on any atom is -0.508 e. The molecule has 96 valence electrons. The summed E-state index contributed by atoms with van der Waals surface area (Å²) in [6.45, 7) is 6.17. The average molecular weight is 243 g/mol. The summed E-state index contributed by atoms with van der Waals surface area (Å²) >= 11 is 0. The Labute approximate surface area is 109 Å². The van der Waals surface area contributed by atoms with Gasteiger partial charge in [-0.3, -0.25) is 4.99 Å². The smallest absolute Gasteiger partial charge is 0.115 e. The average Bonchev–Trinajstić information content (AvgIpc) is 2.97. The van der Waals surface area contributed by atoms with Gasteiger partial charge in [-0.05, 0) is 61.1 Å². The van der Waals surface area contributed by atoms with Crippen LogP contribution >= 0.6 is 0 Å². The second-order valence-corrected chi connectivity index (χ2v) is 4.69.